The molecule has 2 atom stereocenters. The minimum Gasteiger partial charge on any atom is -0.467 e. The fourth-order valence-electron chi connectivity index (χ4n) is 4.91. The van der Waals surface area contributed by atoms with Gasteiger partial charge in [0.25, 0.3) is 5.91 Å². The van der Waals surface area contributed by atoms with E-state index in [0.717, 1.165) is 5.56 Å². The Kier molecular flexibility index (Phi) is 11.6. The summed E-state index contributed by atoms with van der Waals surface area (Å²) in [5.41, 5.74) is 7.82. The molecule has 0 saturated carbocycles. The van der Waals surface area contributed by atoms with Crippen LogP contribution < -0.4 is 26.4 Å². The van der Waals surface area contributed by atoms with E-state index in [1.165, 1.54) is 7.11 Å². The van der Waals surface area contributed by atoms with Gasteiger partial charge < -0.3 is 40.6 Å². The second-order valence-electron chi connectivity index (χ2n) is 11.0. The Balaban J connectivity index is 1.37. The molecule has 0 radical (unpaired) electrons. The maximum Gasteiger partial charge on any atom is 0.320 e. The van der Waals surface area contributed by atoms with E-state index in [9.17, 15) is 19.2 Å². The first-order chi connectivity index (χ1) is 21.7. The Morgan fingerprint density at radius 2 is 1.80 bits per heavy atom. The van der Waals surface area contributed by atoms with Crippen molar-refractivity contribution in [1.29, 1.82) is 0 Å². The van der Waals surface area contributed by atoms with Crippen LogP contribution in [0.15, 0.2) is 36.7 Å². The first kappa shape index (κ1) is 33.1. The molecule has 0 aliphatic carbocycles. The van der Waals surface area contributed by atoms with Crippen molar-refractivity contribution in [1.82, 2.24) is 40.4 Å². The van der Waals surface area contributed by atoms with Crippen LogP contribution in [0.5, 0.6) is 6.01 Å². The zero-order chi connectivity index (χ0) is 32.3. The standard InChI is InChI=1S/C30H41N9O6/c1-19(2)22(35-30(43)38-14-16-45-17-15-38)27(41)34-21(11-10-20-8-5-4-6-9-20)24(40)28(42)32-12-7-13-39-18-33-23-25(31)36-29(44-3)37-26(23)39/h4-6,8-9,18-19,21-22H,7,10-17H2,1-3H3,(H,32,42)(H,34,41)(H,35,43)(H2,31,36,37)/t21?,22-/m0/s1. The topological polar surface area (TPSA) is 196 Å². The highest BCUT2D eigenvalue weighted by molar-refractivity contribution is 6.38. The van der Waals surface area contributed by atoms with E-state index in [-0.39, 0.29) is 36.7 Å². The smallest absolute Gasteiger partial charge is 0.320 e. The van der Waals surface area contributed by atoms with E-state index in [2.05, 4.69) is 30.9 Å². The third kappa shape index (κ3) is 8.88. The molecule has 242 valence electrons. The first-order valence-electron chi connectivity index (χ1n) is 15.0. The Bertz CT molecular complexity index is 1470. The monoisotopic (exact) mass is 623 g/mol. The molecule has 1 fully saturated rings. The minimum atomic E-state index is -1.09. The number of Topliss-reactive ketones (excluding diaryl/α,β-unsaturated/α-hetero) is 1. The number of benzene rings is 1. The molecule has 3 aromatic rings. The first-order valence-corrected chi connectivity index (χ1v) is 15.0. The van der Waals surface area contributed by atoms with Crippen molar-refractivity contribution in [2.45, 2.75) is 51.7 Å². The van der Waals surface area contributed by atoms with Gasteiger partial charge in [0.2, 0.25) is 11.7 Å². The number of amides is 4. The van der Waals surface area contributed by atoms with Crippen LogP contribution in [0.3, 0.4) is 0 Å². The van der Waals surface area contributed by atoms with E-state index >= 15 is 0 Å². The second-order valence-corrected chi connectivity index (χ2v) is 11.0. The van der Waals surface area contributed by atoms with E-state index in [1.807, 2.05) is 30.3 Å². The van der Waals surface area contributed by atoms with E-state index in [4.69, 9.17) is 15.2 Å². The summed E-state index contributed by atoms with van der Waals surface area (Å²) in [5.74, 6) is -2.18. The third-order valence-corrected chi connectivity index (χ3v) is 7.46. The van der Waals surface area contributed by atoms with Crippen LogP contribution in [-0.4, -0.2) is 100 Å². The maximum absolute atomic E-state index is 13.4. The van der Waals surface area contributed by atoms with Crippen molar-refractivity contribution in [2.24, 2.45) is 5.92 Å². The van der Waals surface area contributed by atoms with Crippen LogP contribution >= 0.6 is 0 Å². The number of nitrogen functional groups attached to an aromatic ring is 1. The Morgan fingerprint density at radius 3 is 2.49 bits per heavy atom. The number of carbonyl (C=O) groups excluding carboxylic acids is 4. The lowest BCUT2D eigenvalue weighted by atomic mass is 9.99. The highest BCUT2D eigenvalue weighted by atomic mass is 16.5. The average molecular weight is 624 g/mol. The number of urea groups is 1. The molecule has 0 spiro atoms. The van der Waals surface area contributed by atoms with Gasteiger partial charge in [-0.25, -0.2) is 9.78 Å². The predicted molar refractivity (Wildman–Crippen MR) is 165 cm³/mol. The van der Waals surface area contributed by atoms with Gasteiger partial charge in [-0.15, -0.1) is 0 Å². The van der Waals surface area contributed by atoms with Crippen molar-refractivity contribution in [3.05, 3.63) is 42.2 Å². The summed E-state index contributed by atoms with van der Waals surface area (Å²) in [6.45, 7) is 5.91. The lowest BCUT2D eigenvalue weighted by Crippen LogP contribution is -2.58. The minimum absolute atomic E-state index is 0.115. The molecule has 0 bridgehead atoms. The molecule has 45 heavy (non-hydrogen) atoms. The number of rotatable bonds is 14. The lowest BCUT2D eigenvalue weighted by molar-refractivity contribution is -0.140. The summed E-state index contributed by atoms with van der Waals surface area (Å²) < 4.78 is 12.1. The summed E-state index contributed by atoms with van der Waals surface area (Å²) in [6, 6.07) is 7.21. The number of morpholine rings is 1. The molecule has 15 heteroatoms. The SMILES string of the molecule is COc1nc(N)c2ncn(CCCNC(=O)C(=O)C(CCc3ccccc3)NC(=O)[C@@H](NC(=O)N3CCOCC3)C(C)C)c2n1. The molecule has 15 nitrogen and oxygen atoms in total. The van der Waals surface area contributed by atoms with Crippen molar-refractivity contribution in [3.63, 3.8) is 0 Å². The van der Waals surface area contributed by atoms with Crippen molar-refractivity contribution in [2.75, 3.05) is 45.7 Å². The van der Waals surface area contributed by atoms with Crippen molar-refractivity contribution >= 4 is 40.6 Å². The van der Waals surface area contributed by atoms with E-state index in [1.54, 1.807) is 29.6 Å². The number of methoxy groups -OCH3 is 1. The molecule has 1 aliphatic rings. The number of aryl methyl sites for hydroxylation is 2. The number of anilines is 1. The number of ketones is 1. The highest BCUT2D eigenvalue weighted by Crippen LogP contribution is 2.19. The summed E-state index contributed by atoms with van der Waals surface area (Å²) >= 11 is 0. The second kappa shape index (κ2) is 15.8. The number of aromatic nitrogens is 4. The molecule has 1 saturated heterocycles. The molecule has 1 aliphatic heterocycles. The number of carbonyl (C=O) groups is 4. The fraction of sp³-hybridized carbons (Fsp3) is 0.500. The van der Waals surface area contributed by atoms with Crippen molar-refractivity contribution in [3.8, 4) is 6.01 Å². The number of ether oxygens (including phenoxy) is 2. The molecule has 4 amide bonds. The van der Waals surface area contributed by atoms with Gasteiger partial charge in [-0.05, 0) is 30.7 Å². The highest BCUT2D eigenvalue weighted by Gasteiger charge is 2.32. The van der Waals surface area contributed by atoms with E-state index in [0.29, 0.717) is 56.9 Å². The Morgan fingerprint density at radius 1 is 1.07 bits per heavy atom. The van der Waals surface area contributed by atoms with Gasteiger partial charge in [-0.2, -0.15) is 9.97 Å². The van der Waals surface area contributed by atoms with Gasteiger partial charge in [0, 0.05) is 26.2 Å². The summed E-state index contributed by atoms with van der Waals surface area (Å²) in [4.78, 5) is 66.8. The van der Waals surface area contributed by atoms with Gasteiger partial charge in [-0.3, -0.25) is 14.4 Å². The van der Waals surface area contributed by atoms with Crippen LogP contribution in [0, 0.1) is 5.92 Å². The summed E-state index contributed by atoms with van der Waals surface area (Å²) in [6.07, 6.45) is 2.69. The Hall–Kier alpha value is -4.79. The number of nitrogens with one attached hydrogen (secondary N) is 3. The van der Waals surface area contributed by atoms with Gasteiger partial charge in [0.1, 0.15) is 11.6 Å². The average Bonchev–Trinajstić information content (AvgIpc) is 3.47. The van der Waals surface area contributed by atoms with Crippen LogP contribution in [0.4, 0.5) is 10.6 Å². The number of nitrogens with zero attached hydrogens (tertiary/aromatic N) is 5. The molecule has 1 aromatic carbocycles. The molecular weight excluding hydrogens is 582 g/mol. The largest absolute Gasteiger partial charge is 0.467 e. The predicted octanol–water partition coefficient (Wildman–Crippen LogP) is 0.677. The zero-order valence-corrected chi connectivity index (χ0v) is 25.8. The molecule has 4 rings (SSSR count). The normalized spacial score (nSPS) is 14.5. The quantitative estimate of drug-likeness (QED) is 0.146. The third-order valence-electron chi connectivity index (χ3n) is 7.46. The van der Waals surface area contributed by atoms with E-state index < -0.39 is 29.7 Å². The zero-order valence-electron chi connectivity index (χ0n) is 25.8. The van der Waals surface area contributed by atoms with Gasteiger partial charge >= 0.3 is 12.0 Å². The molecule has 1 unspecified atom stereocenters. The molecule has 5 N–H and O–H groups in total. The van der Waals surface area contributed by atoms with Gasteiger partial charge in [-0.1, -0.05) is 44.2 Å². The number of hydrogen-bond acceptors (Lipinski definition) is 10. The van der Waals surface area contributed by atoms with Gasteiger partial charge in [0.05, 0.1) is 32.7 Å². The number of nitrogens with two attached hydrogens (primary N) is 1. The number of fused-ring (bicyclic) bond motifs is 1. The molecular formula is C30H41N9O6. The number of hydrogen-bond donors (Lipinski definition) is 4. The summed E-state index contributed by atoms with van der Waals surface area (Å²) in [7, 11) is 1.44. The van der Waals surface area contributed by atoms with Crippen LogP contribution in [-0.2, 0) is 32.1 Å². The van der Waals surface area contributed by atoms with Crippen LogP contribution in [0.25, 0.3) is 11.2 Å². The lowest BCUT2D eigenvalue weighted by Gasteiger charge is -2.30. The molecule has 3 heterocycles. The fourth-order valence-corrected chi connectivity index (χ4v) is 4.91. The maximum atomic E-state index is 13.4. The molecule has 2 aromatic heterocycles. The van der Waals surface area contributed by atoms with Gasteiger partial charge in [0.15, 0.2) is 11.5 Å². The van der Waals surface area contributed by atoms with Crippen LogP contribution in [0.1, 0.15) is 32.3 Å². The number of imidazole rings is 1. The Labute approximate surface area is 261 Å². The van der Waals surface area contributed by atoms with Crippen molar-refractivity contribution < 1.29 is 28.7 Å². The summed E-state index contributed by atoms with van der Waals surface area (Å²) in [5, 5.41) is 8.20. The van der Waals surface area contributed by atoms with Crippen LogP contribution in [0.2, 0.25) is 0 Å².